The van der Waals surface area contributed by atoms with E-state index in [4.69, 9.17) is 10.00 Å². The number of nitrogens with zero attached hydrogens (tertiary/aromatic N) is 2. The summed E-state index contributed by atoms with van der Waals surface area (Å²) in [7, 11) is 0. The Hall–Kier alpha value is -1.69. The molecule has 0 aromatic heterocycles. The molecule has 0 N–H and O–H groups in total. The van der Waals surface area contributed by atoms with Gasteiger partial charge in [-0.2, -0.15) is 5.26 Å². The molecule has 1 aliphatic heterocycles. The summed E-state index contributed by atoms with van der Waals surface area (Å²) in [5.74, 6) is 0.830. The summed E-state index contributed by atoms with van der Waals surface area (Å²) in [4.78, 5) is 2.37. The molecule has 1 fully saturated rings. The van der Waals surface area contributed by atoms with E-state index in [9.17, 15) is 0 Å². The smallest absolute Gasteiger partial charge is 0.174 e. The zero-order valence-electron chi connectivity index (χ0n) is 10.1. The van der Waals surface area contributed by atoms with Crippen molar-refractivity contribution in [1.29, 1.82) is 5.26 Å². The first kappa shape index (κ1) is 11.8. The van der Waals surface area contributed by atoms with Crippen LogP contribution in [0.15, 0.2) is 24.3 Å². The van der Waals surface area contributed by atoms with Crippen molar-refractivity contribution in [2.24, 2.45) is 0 Å². The Bertz CT molecular complexity index is 389. The summed E-state index contributed by atoms with van der Waals surface area (Å²) >= 11 is 0. The van der Waals surface area contributed by atoms with E-state index in [1.165, 1.54) is 25.7 Å². The van der Waals surface area contributed by atoms with Crippen molar-refractivity contribution >= 4 is 5.69 Å². The normalized spacial score (nSPS) is 16.1. The highest BCUT2D eigenvalue weighted by Gasteiger charge is 2.13. The highest BCUT2D eigenvalue weighted by molar-refractivity contribution is 5.58. The summed E-state index contributed by atoms with van der Waals surface area (Å²) in [6.45, 7) is 2.30. The Labute approximate surface area is 103 Å². The third-order valence-corrected chi connectivity index (χ3v) is 3.10. The maximum absolute atomic E-state index is 8.59. The molecule has 1 heterocycles. The van der Waals surface area contributed by atoms with Gasteiger partial charge in [0.15, 0.2) is 6.61 Å². The van der Waals surface area contributed by atoms with Gasteiger partial charge in [0, 0.05) is 13.1 Å². The van der Waals surface area contributed by atoms with E-state index in [0.29, 0.717) is 0 Å². The van der Waals surface area contributed by atoms with Crippen LogP contribution in [0.2, 0.25) is 0 Å². The molecule has 1 saturated heterocycles. The molecule has 90 valence electrons. The van der Waals surface area contributed by atoms with Crippen molar-refractivity contribution < 1.29 is 4.74 Å². The van der Waals surface area contributed by atoms with Crippen LogP contribution in [0.25, 0.3) is 0 Å². The largest absolute Gasteiger partial charge is 0.477 e. The van der Waals surface area contributed by atoms with Crippen LogP contribution >= 0.6 is 0 Å². The Morgan fingerprint density at radius 1 is 1.12 bits per heavy atom. The molecule has 2 rings (SSSR count). The van der Waals surface area contributed by atoms with E-state index < -0.39 is 0 Å². The van der Waals surface area contributed by atoms with Crippen LogP contribution in [0.3, 0.4) is 0 Å². The van der Waals surface area contributed by atoms with Crippen molar-refractivity contribution in [1.82, 2.24) is 0 Å². The minimum atomic E-state index is 0.116. The van der Waals surface area contributed by atoms with E-state index >= 15 is 0 Å². The topological polar surface area (TPSA) is 36.3 Å². The van der Waals surface area contributed by atoms with Gasteiger partial charge in [-0.25, -0.2) is 0 Å². The monoisotopic (exact) mass is 230 g/mol. The minimum absolute atomic E-state index is 0.116. The van der Waals surface area contributed by atoms with Gasteiger partial charge in [-0.05, 0) is 25.0 Å². The third kappa shape index (κ3) is 3.13. The van der Waals surface area contributed by atoms with Gasteiger partial charge in [0.25, 0.3) is 0 Å². The molecule has 17 heavy (non-hydrogen) atoms. The second kappa shape index (κ2) is 6.15. The Morgan fingerprint density at radius 2 is 1.82 bits per heavy atom. The first-order valence-electron chi connectivity index (χ1n) is 6.25. The summed E-state index contributed by atoms with van der Waals surface area (Å²) in [6, 6.07) is 10.0. The summed E-state index contributed by atoms with van der Waals surface area (Å²) in [5, 5.41) is 8.59. The molecule has 1 aliphatic rings. The van der Waals surface area contributed by atoms with E-state index in [-0.39, 0.29) is 6.61 Å². The molecule has 0 amide bonds. The molecular formula is C14H18N2O. The average Bonchev–Trinajstić information content (AvgIpc) is 2.65. The molecular weight excluding hydrogens is 212 g/mol. The molecule has 0 saturated carbocycles. The van der Waals surface area contributed by atoms with Crippen molar-refractivity contribution in [2.45, 2.75) is 25.7 Å². The van der Waals surface area contributed by atoms with Gasteiger partial charge < -0.3 is 9.64 Å². The summed E-state index contributed by atoms with van der Waals surface area (Å²) in [5.41, 5.74) is 1.13. The molecule has 0 atom stereocenters. The second-order valence-corrected chi connectivity index (χ2v) is 4.32. The number of ether oxygens (including phenoxy) is 1. The Morgan fingerprint density at radius 3 is 2.53 bits per heavy atom. The highest BCUT2D eigenvalue weighted by atomic mass is 16.5. The fraction of sp³-hybridized carbons (Fsp3) is 0.500. The lowest BCUT2D eigenvalue weighted by molar-refractivity contribution is 0.368. The SMILES string of the molecule is N#CCOc1ccccc1N1CCCCCC1. The number of hydrogen-bond acceptors (Lipinski definition) is 3. The van der Waals surface area contributed by atoms with E-state index in [0.717, 1.165) is 24.5 Å². The summed E-state index contributed by atoms with van der Waals surface area (Å²) < 4.78 is 5.48. The van der Waals surface area contributed by atoms with Crippen LogP contribution in [-0.4, -0.2) is 19.7 Å². The predicted molar refractivity (Wildman–Crippen MR) is 68.2 cm³/mol. The van der Waals surface area contributed by atoms with Crippen LogP contribution in [0, 0.1) is 11.3 Å². The molecule has 0 spiro atoms. The average molecular weight is 230 g/mol. The Kier molecular flexibility index (Phi) is 4.26. The van der Waals surface area contributed by atoms with Crippen molar-refractivity contribution in [3.8, 4) is 11.8 Å². The lowest BCUT2D eigenvalue weighted by Crippen LogP contribution is -2.24. The lowest BCUT2D eigenvalue weighted by Gasteiger charge is -2.24. The molecule has 0 unspecified atom stereocenters. The maximum atomic E-state index is 8.59. The highest BCUT2D eigenvalue weighted by Crippen LogP contribution is 2.29. The number of anilines is 1. The summed E-state index contributed by atoms with van der Waals surface area (Å²) in [6.07, 6.45) is 5.12. The minimum Gasteiger partial charge on any atom is -0.477 e. The number of para-hydroxylation sites is 2. The Balaban J connectivity index is 2.15. The molecule has 1 aromatic carbocycles. The number of hydrogen-bond donors (Lipinski definition) is 0. The standard InChI is InChI=1S/C14H18N2O/c15-9-12-17-14-8-4-3-7-13(14)16-10-5-1-2-6-11-16/h3-4,7-8H,1-2,5-6,10-12H2. The van der Waals surface area contributed by atoms with Gasteiger partial charge >= 0.3 is 0 Å². The van der Waals surface area contributed by atoms with Crippen molar-refractivity contribution in [3.05, 3.63) is 24.3 Å². The first-order chi connectivity index (χ1) is 8.42. The fourth-order valence-electron chi connectivity index (χ4n) is 2.26. The van der Waals surface area contributed by atoms with Gasteiger partial charge in [-0.15, -0.1) is 0 Å². The lowest BCUT2D eigenvalue weighted by atomic mass is 10.2. The van der Waals surface area contributed by atoms with Crippen molar-refractivity contribution in [3.63, 3.8) is 0 Å². The van der Waals surface area contributed by atoms with E-state index in [1.807, 2.05) is 24.3 Å². The molecule has 3 nitrogen and oxygen atoms in total. The van der Waals surface area contributed by atoms with E-state index in [1.54, 1.807) is 0 Å². The van der Waals surface area contributed by atoms with Gasteiger partial charge in [0.1, 0.15) is 11.8 Å². The van der Waals surface area contributed by atoms with Crippen LogP contribution in [0.5, 0.6) is 5.75 Å². The molecule has 3 heteroatoms. The predicted octanol–water partition coefficient (Wildman–Crippen LogP) is 2.97. The number of rotatable bonds is 3. The molecule has 0 bridgehead atoms. The maximum Gasteiger partial charge on any atom is 0.174 e. The number of nitriles is 1. The molecule has 1 aromatic rings. The van der Waals surface area contributed by atoms with Crippen LogP contribution in [0.4, 0.5) is 5.69 Å². The van der Waals surface area contributed by atoms with E-state index in [2.05, 4.69) is 11.0 Å². The quantitative estimate of drug-likeness (QED) is 0.801. The first-order valence-corrected chi connectivity index (χ1v) is 6.25. The van der Waals surface area contributed by atoms with Crippen LogP contribution in [0.1, 0.15) is 25.7 Å². The van der Waals surface area contributed by atoms with Gasteiger partial charge in [-0.1, -0.05) is 25.0 Å². The second-order valence-electron chi connectivity index (χ2n) is 4.32. The van der Waals surface area contributed by atoms with Crippen molar-refractivity contribution in [2.75, 3.05) is 24.6 Å². The zero-order chi connectivity index (χ0) is 11.9. The van der Waals surface area contributed by atoms with Crippen LogP contribution in [-0.2, 0) is 0 Å². The van der Waals surface area contributed by atoms with Crippen LogP contribution < -0.4 is 9.64 Å². The fourth-order valence-corrected chi connectivity index (χ4v) is 2.26. The van der Waals surface area contributed by atoms with Gasteiger partial charge in [-0.3, -0.25) is 0 Å². The molecule has 0 radical (unpaired) electrons. The third-order valence-electron chi connectivity index (χ3n) is 3.10. The molecule has 0 aliphatic carbocycles. The zero-order valence-corrected chi connectivity index (χ0v) is 10.1. The van der Waals surface area contributed by atoms with Gasteiger partial charge in [0.05, 0.1) is 5.69 Å². The van der Waals surface area contributed by atoms with Gasteiger partial charge in [0.2, 0.25) is 0 Å². The number of benzene rings is 1.